The van der Waals surface area contributed by atoms with Crippen molar-refractivity contribution in [2.45, 2.75) is 58.4 Å². The van der Waals surface area contributed by atoms with E-state index in [2.05, 4.69) is 5.32 Å². The lowest BCUT2D eigenvalue weighted by Crippen LogP contribution is -2.47. The molecule has 0 radical (unpaired) electrons. The second kappa shape index (κ2) is 5.95. The Kier molecular flexibility index (Phi) is 5.08. The van der Waals surface area contributed by atoms with E-state index in [0.29, 0.717) is 26.1 Å². The van der Waals surface area contributed by atoms with E-state index in [-0.39, 0.29) is 24.8 Å². The van der Waals surface area contributed by atoms with Crippen LogP contribution in [0.5, 0.6) is 0 Å². The number of rotatable bonds is 5. The number of ether oxygens (including phenoxy) is 1. The average molecular weight is 263 g/mol. The summed E-state index contributed by atoms with van der Waals surface area (Å²) in [6.07, 6.45) is 0.431. The maximum absolute atomic E-state index is 13.0. The number of carbonyl (C=O) groups is 1. The predicted molar refractivity (Wildman–Crippen MR) is 65.6 cm³/mol. The van der Waals surface area contributed by atoms with Gasteiger partial charge in [-0.05, 0) is 33.6 Å². The average Bonchev–Trinajstić information content (AvgIpc) is 2.29. The van der Waals surface area contributed by atoms with Crippen LogP contribution in [0.15, 0.2) is 0 Å². The van der Waals surface area contributed by atoms with Crippen molar-refractivity contribution in [3.8, 4) is 0 Å². The molecular weight excluding hydrogens is 240 g/mol. The van der Waals surface area contributed by atoms with Crippen molar-refractivity contribution < 1.29 is 18.3 Å². The topological polar surface area (TPSA) is 38.3 Å². The Balaban J connectivity index is 2.41. The predicted octanol–water partition coefficient (Wildman–Crippen LogP) is 2.74. The molecule has 0 bridgehead atoms. The lowest BCUT2D eigenvalue weighted by Gasteiger charge is -2.32. The van der Waals surface area contributed by atoms with Crippen LogP contribution in [-0.4, -0.2) is 31.1 Å². The summed E-state index contributed by atoms with van der Waals surface area (Å²) in [5, 5.41) is 2.85. The monoisotopic (exact) mass is 263 g/mol. The molecule has 106 valence electrons. The van der Waals surface area contributed by atoms with Gasteiger partial charge in [0.15, 0.2) is 0 Å². The van der Waals surface area contributed by atoms with E-state index in [1.807, 2.05) is 6.92 Å². The number of amides is 1. The van der Waals surface area contributed by atoms with Crippen molar-refractivity contribution >= 4 is 5.91 Å². The summed E-state index contributed by atoms with van der Waals surface area (Å²) in [5.74, 6) is -2.67. The van der Waals surface area contributed by atoms with Gasteiger partial charge in [0.2, 0.25) is 11.8 Å². The first-order valence-corrected chi connectivity index (χ1v) is 6.53. The fourth-order valence-electron chi connectivity index (χ4n) is 1.99. The van der Waals surface area contributed by atoms with Crippen LogP contribution < -0.4 is 5.32 Å². The molecule has 0 saturated heterocycles. The summed E-state index contributed by atoms with van der Waals surface area (Å²) >= 11 is 0. The fourth-order valence-corrected chi connectivity index (χ4v) is 1.99. The maximum atomic E-state index is 13.0. The van der Waals surface area contributed by atoms with Crippen LogP contribution in [0.2, 0.25) is 0 Å². The Labute approximate surface area is 107 Å². The normalized spacial score (nSPS) is 20.7. The third-order valence-electron chi connectivity index (χ3n) is 3.33. The van der Waals surface area contributed by atoms with Crippen LogP contribution >= 0.6 is 0 Å². The first-order valence-electron chi connectivity index (χ1n) is 6.53. The molecule has 1 fully saturated rings. The lowest BCUT2D eigenvalue weighted by atomic mass is 9.89. The van der Waals surface area contributed by atoms with E-state index in [9.17, 15) is 13.6 Å². The van der Waals surface area contributed by atoms with E-state index in [1.165, 1.54) is 0 Å². The van der Waals surface area contributed by atoms with Crippen LogP contribution in [-0.2, 0) is 9.53 Å². The van der Waals surface area contributed by atoms with E-state index in [0.717, 1.165) is 0 Å². The zero-order valence-electron chi connectivity index (χ0n) is 11.4. The van der Waals surface area contributed by atoms with Crippen molar-refractivity contribution in [2.75, 3.05) is 13.2 Å². The quantitative estimate of drug-likeness (QED) is 0.828. The van der Waals surface area contributed by atoms with Gasteiger partial charge in [0.1, 0.15) is 0 Å². The summed E-state index contributed by atoms with van der Waals surface area (Å²) in [6.45, 7) is 6.38. The molecule has 5 heteroatoms. The molecule has 0 spiro atoms. The highest BCUT2D eigenvalue weighted by molar-refractivity contribution is 5.82. The number of halogens is 2. The van der Waals surface area contributed by atoms with Crippen molar-refractivity contribution in [1.82, 2.24) is 5.32 Å². The Bertz CT molecular complexity index is 283. The number of alkyl halides is 2. The summed E-state index contributed by atoms with van der Waals surface area (Å²) in [4.78, 5) is 12.0. The van der Waals surface area contributed by atoms with E-state index < -0.39 is 11.3 Å². The van der Waals surface area contributed by atoms with Crippen molar-refractivity contribution in [2.24, 2.45) is 5.41 Å². The SMILES string of the molecule is CCOCC(C)(C)C(=O)NC1CCC(F)(F)CC1. The van der Waals surface area contributed by atoms with Gasteiger partial charge < -0.3 is 10.1 Å². The molecule has 0 aromatic carbocycles. The summed E-state index contributed by atoms with van der Waals surface area (Å²) in [7, 11) is 0. The van der Waals surface area contributed by atoms with Gasteiger partial charge in [0, 0.05) is 25.5 Å². The zero-order valence-corrected chi connectivity index (χ0v) is 11.4. The third-order valence-corrected chi connectivity index (χ3v) is 3.33. The molecule has 1 amide bonds. The van der Waals surface area contributed by atoms with Gasteiger partial charge in [-0.25, -0.2) is 8.78 Å². The van der Waals surface area contributed by atoms with Gasteiger partial charge in [-0.2, -0.15) is 0 Å². The zero-order chi connectivity index (χ0) is 13.8. The molecule has 0 aromatic heterocycles. The lowest BCUT2D eigenvalue weighted by molar-refractivity contribution is -0.134. The highest BCUT2D eigenvalue weighted by atomic mass is 19.3. The summed E-state index contributed by atoms with van der Waals surface area (Å²) in [6, 6.07) is -0.127. The van der Waals surface area contributed by atoms with Gasteiger partial charge in [-0.15, -0.1) is 0 Å². The van der Waals surface area contributed by atoms with Crippen molar-refractivity contribution in [3.05, 3.63) is 0 Å². The van der Waals surface area contributed by atoms with Crippen LogP contribution in [0.25, 0.3) is 0 Å². The Morgan fingerprint density at radius 3 is 2.44 bits per heavy atom. The molecule has 0 aromatic rings. The molecule has 1 saturated carbocycles. The highest BCUT2D eigenvalue weighted by Gasteiger charge is 2.37. The molecule has 0 heterocycles. The van der Waals surface area contributed by atoms with Gasteiger partial charge in [0.25, 0.3) is 0 Å². The van der Waals surface area contributed by atoms with E-state index in [4.69, 9.17) is 4.74 Å². The molecule has 0 unspecified atom stereocenters. The fraction of sp³-hybridized carbons (Fsp3) is 0.923. The number of carbonyl (C=O) groups excluding carboxylic acids is 1. The van der Waals surface area contributed by atoms with Crippen molar-refractivity contribution in [1.29, 1.82) is 0 Å². The minimum absolute atomic E-state index is 0.119. The van der Waals surface area contributed by atoms with Gasteiger partial charge in [-0.3, -0.25) is 4.79 Å². The van der Waals surface area contributed by atoms with E-state index in [1.54, 1.807) is 13.8 Å². The number of nitrogens with one attached hydrogen (secondary N) is 1. The molecular formula is C13H23F2NO2. The smallest absolute Gasteiger partial charge is 0.248 e. The minimum Gasteiger partial charge on any atom is -0.381 e. The van der Waals surface area contributed by atoms with Crippen LogP contribution in [0.4, 0.5) is 8.78 Å². The van der Waals surface area contributed by atoms with Crippen LogP contribution in [0.1, 0.15) is 46.5 Å². The highest BCUT2D eigenvalue weighted by Crippen LogP contribution is 2.33. The molecule has 18 heavy (non-hydrogen) atoms. The van der Waals surface area contributed by atoms with Gasteiger partial charge >= 0.3 is 0 Å². The first kappa shape index (κ1) is 15.3. The van der Waals surface area contributed by atoms with Crippen LogP contribution in [0, 0.1) is 5.41 Å². The molecule has 0 aliphatic heterocycles. The van der Waals surface area contributed by atoms with Gasteiger partial charge in [-0.1, -0.05) is 0 Å². The Morgan fingerprint density at radius 2 is 1.94 bits per heavy atom. The second-order valence-corrected chi connectivity index (χ2v) is 5.62. The van der Waals surface area contributed by atoms with Crippen LogP contribution in [0.3, 0.4) is 0 Å². The molecule has 3 nitrogen and oxygen atoms in total. The number of hydrogen-bond acceptors (Lipinski definition) is 2. The van der Waals surface area contributed by atoms with Gasteiger partial charge in [0.05, 0.1) is 12.0 Å². The largest absolute Gasteiger partial charge is 0.381 e. The summed E-state index contributed by atoms with van der Waals surface area (Å²) < 4.78 is 31.2. The molecule has 1 rings (SSSR count). The van der Waals surface area contributed by atoms with E-state index >= 15 is 0 Å². The second-order valence-electron chi connectivity index (χ2n) is 5.62. The molecule has 1 aliphatic rings. The molecule has 1 aliphatic carbocycles. The van der Waals surface area contributed by atoms with Crippen molar-refractivity contribution in [3.63, 3.8) is 0 Å². The number of hydrogen-bond donors (Lipinski definition) is 1. The first-order chi connectivity index (χ1) is 8.27. The maximum Gasteiger partial charge on any atom is 0.248 e. The Morgan fingerprint density at radius 1 is 1.39 bits per heavy atom. The minimum atomic E-state index is -2.55. The molecule has 0 atom stereocenters. The summed E-state index contributed by atoms with van der Waals surface area (Å²) in [5.41, 5.74) is -0.615. The third kappa shape index (κ3) is 4.52. The Hall–Kier alpha value is -0.710. The molecule has 1 N–H and O–H groups in total. The standard InChI is InChI=1S/C13H23F2NO2/c1-4-18-9-12(2,3)11(17)16-10-5-7-13(14,15)8-6-10/h10H,4-9H2,1-3H3,(H,16,17).